The largest absolute Gasteiger partial charge is 0.477 e. The number of benzene rings is 3. The second-order valence-corrected chi connectivity index (χ2v) is 8.12. The number of carbonyl (C=O) groups is 1. The highest BCUT2D eigenvalue weighted by Gasteiger charge is 2.45. The summed E-state index contributed by atoms with van der Waals surface area (Å²) >= 11 is 0. The molecule has 0 radical (unpaired) electrons. The molecule has 0 spiro atoms. The van der Waals surface area contributed by atoms with E-state index in [4.69, 9.17) is 10.2 Å². The van der Waals surface area contributed by atoms with Crippen LogP contribution in [0.5, 0.6) is 0 Å². The quantitative estimate of drug-likeness (QED) is 0.538. The first-order valence-electron chi connectivity index (χ1n) is 9.06. The van der Waals surface area contributed by atoms with E-state index in [0.717, 1.165) is 0 Å². The van der Waals surface area contributed by atoms with Crippen molar-refractivity contribution in [3.05, 3.63) is 91.0 Å². The van der Waals surface area contributed by atoms with E-state index >= 15 is 0 Å². The van der Waals surface area contributed by atoms with Crippen LogP contribution < -0.4 is 0 Å². The molecule has 0 saturated heterocycles. The SMILES string of the molecule is CCC(O)C(F)(F)C(=O)O.c1ccc([S+](c2ccccc2)c2ccccc2)cc1. The standard InChI is InChI=1S/C18H15S.C5H8F2O3/c1-4-10-16(11-5-1)19(17-12-6-2-7-13-17)18-14-8-3-9-15-18;1-2-3(8)5(6,7)4(9)10/h1-15H;3,8H,2H2,1H3,(H,9,10)/q+1;. The van der Waals surface area contributed by atoms with Crippen molar-refractivity contribution >= 4 is 16.9 Å². The lowest BCUT2D eigenvalue weighted by Crippen LogP contribution is -2.40. The molecule has 0 aliphatic heterocycles. The minimum Gasteiger partial charge on any atom is -0.477 e. The Bertz CT molecular complexity index is 780. The molecule has 0 aromatic heterocycles. The van der Waals surface area contributed by atoms with Crippen LogP contribution in [0.15, 0.2) is 106 Å². The third-order valence-electron chi connectivity index (χ3n) is 4.03. The van der Waals surface area contributed by atoms with E-state index in [1.54, 1.807) is 0 Å². The summed E-state index contributed by atoms with van der Waals surface area (Å²) in [6, 6.07) is 32.2. The number of aliphatic hydroxyl groups is 1. The van der Waals surface area contributed by atoms with Crippen LogP contribution in [0.3, 0.4) is 0 Å². The maximum atomic E-state index is 12.1. The second kappa shape index (κ2) is 10.7. The molecule has 0 aliphatic rings. The Morgan fingerprint density at radius 3 is 1.34 bits per heavy atom. The first-order valence-corrected chi connectivity index (χ1v) is 10.3. The van der Waals surface area contributed by atoms with Crippen molar-refractivity contribution in [3.8, 4) is 0 Å². The number of alkyl halides is 2. The molecule has 3 rings (SSSR count). The molecule has 2 N–H and O–H groups in total. The molecule has 1 unspecified atom stereocenters. The van der Waals surface area contributed by atoms with Gasteiger partial charge in [0.05, 0.1) is 10.9 Å². The van der Waals surface area contributed by atoms with E-state index in [9.17, 15) is 13.6 Å². The van der Waals surface area contributed by atoms with Gasteiger partial charge in [-0.3, -0.25) is 0 Å². The van der Waals surface area contributed by atoms with Crippen LogP contribution in [0.2, 0.25) is 0 Å². The van der Waals surface area contributed by atoms with Crippen molar-refractivity contribution in [2.75, 3.05) is 0 Å². The van der Waals surface area contributed by atoms with Crippen LogP contribution in [0.25, 0.3) is 0 Å². The van der Waals surface area contributed by atoms with E-state index in [0.29, 0.717) is 0 Å². The van der Waals surface area contributed by atoms with Crippen molar-refractivity contribution in [1.29, 1.82) is 0 Å². The van der Waals surface area contributed by atoms with Gasteiger partial charge >= 0.3 is 11.9 Å². The average Bonchev–Trinajstić information content (AvgIpc) is 2.76. The van der Waals surface area contributed by atoms with Crippen LogP contribution in [0.4, 0.5) is 8.78 Å². The molecule has 29 heavy (non-hydrogen) atoms. The topological polar surface area (TPSA) is 57.5 Å². The van der Waals surface area contributed by atoms with Crippen molar-refractivity contribution < 1.29 is 23.8 Å². The molecular weight excluding hydrogens is 394 g/mol. The van der Waals surface area contributed by atoms with Gasteiger partial charge in [0.25, 0.3) is 0 Å². The van der Waals surface area contributed by atoms with Gasteiger partial charge in [0, 0.05) is 0 Å². The fourth-order valence-electron chi connectivity index (χ4n) is 2.48. The molecule has 152 valence electrons. The molecule has 0 fully saturated rings. The average molecular weight is 417 g/mol. The van der Waals surface area contributed by atoms with E-state index in [1.165, 1.54) is 21.6 Å². The van der Waals surface area contributed by atoms with E-state index < -0.39 is 18.0 Å². The first-order chi connectivity index (χ1) is 13.9. The smallest absolute Gasteiger partial charge is 0.377 e. The molecular formula is C23H23F2O3S+. The summed E-state index contributed by atoms with van der Waals surface area (Å²) in [4.78, 5) is 13.8. The normalized spacial score (nSPS) is 12.0. The van der Waals surface area contributed by atoms with Crippen LogP contribution in [-0.4, -0.2) is 28.2 Å². The number of carboxylic acids is 1. The molecule has 1 atom stereocenters. The zero-order valence-corrected chi connectivity index (χ0v) is 16.7. The zero-order chi connectivity index (χ0) is 21.3. The van der Waals surface area contributed by atoms with Crippen molar-refractivity contribution in [1.82, 2.24) is 0 Å². The number of rotatable bonds is 6. The van der Waals surface area contributed by atoms with Gasteiger partial charge in [-0.1, -0.05) is 61.5 Å². The maximum Gasteiger partial charge on any atom is 0.377 e. The predicted octanol–water partition coefficient (Wildman–Crippen LogP) is 5.26. The van der Waals surface area contributed by atoms with Crippen molar-refractivity contribution in [3.63, 3.8) is 0 Å². The number of hydrogen-bond donors (Lipinski definition) is 2. The lowest BCUT2D eigenvalue weighted by molar-refractivity contribution is -0.182. The third kappa shape index (κ3) is 6.14. The Morgan fingerprint density at radius 2 is 1.14 bits per heavy atom. The lowest BCUT2D eigenvalue weighted by atomic mass is 10.1. The molecule has 0 aliphatic carbocycles. The fraction of sp³-hybridized carbons (Fsp3) is 0.174. The highest BCUT2D eigenvalue weighted by molar-refractivity contribution is 7.97. The van der Waals surface area contributed by atoms with E-state index in [2.05, 4.69) is 91.0 Å². The maximum absolute atomic E-state index is 12.1. The summed E-state index contributed by atoms with van der Waals surface area (Å²) in [5.74, 6) is -6.31. The Hall–Kier alpha value is -2.70. The molecule has 3 nitrogen and oxygen atoms in total. The zero-order valence-electron chi connectivity index (χ0n) is 15.9. The molecule has 0 amide bonds. The number of aliphatic hydroxyl groups excluding tert-OH is 1. The van der Waals surface area contributed by atoms with Crippen LogP contribution >= 0.6 is 0 Å². The van der Waals surface area contributed by atoms with Gasteiger partial charge in [-0.25, -0.2) is 4.79 Å². The number of aliphatic carboxylic acids is 1. The summed E-state index contributed by atoms with van der Waals surface area (Å²) in [7, 11) is -0.0146. The molecule has 0 bridgehead atoms. The van der Waals surface area contributed by atoms with Gasteiger partial charge in [-0.15, -0.1) is 0 Å². The Morgan fingerprint density at radius 1 is 0.828 bits per heavy atom. The minimum atomic E-state index is -4.02. The van der Waals surface area contributed by atoms with Gasteiger partial charge in [-0.05, 0) is 42.8 Å². The third-order valence-corrected chi connectivity index (χ3v) is 6.26. The summed E-state index contributed by atoms with van der Waals surface area (Å²) in [5, 5.41) is 16.3. The minimum absolute atomic E-state index is 0.0146. The van der Waals surface area contributed by atoms with Gasteiger partial charge < -0.3 is 10.2 Å². The van der Waals surface area contributed by atoms with E-state index in [1.807, 2.05) is 0 Å². The molecule has 3 aromatic carbocycles. The summed E-state index contributed by atoms with van der Waals surface area (Å²) in [5.41, 5.74) is 0. The molecule has 3 aromatic rings. The Kier molecular flexibility index (Phi) is 8.36. The van der Waals surface area contributed by atoms with Crippen molar-refractivity contribution in [2.24, 2.45) is 0 Å². The second-order valence-electron chi connectivity index (χ2n) is 6.10. The highest BCUT2D eigenvalue weighted by Crippen LogP contribution is 2.30. The molecule has 0 saturated carbocycles. The highest BCUT2D eigenvalue weighted by atomic mass is 32.2. The van der Waals surface area contributed by atoms with Crippen molar-refractivity contribution in [2.45, 2.75) is 40.1 Å². The van der Waals surface area contributed by atoms with Gasteiger partial charge in [-0.2, -0.15) is 8.78 Å². The molecule has 6 heteroatoms. The summed E-state index contributed by atoms with van der Waals surface area (Å²) < 4.78 is 24.2. The number of halogens is 2. The monoisotopic (exact) mass is 417 g/mol. The van der Waals surface area contributed by atoms with Gasteiger partial charge in [0.15, 0.2) is 14.7 Å². The number of hydrogen-bond acceptors (Lipinski definition) is 2. The molecule has 0 heterocycles. The fourth-order valence-corrected chi connectivity index (χ4v) is 4.58. The van der Waals surface area contributed by atoms with Gasteiger partial charge in [0.1, 0.15) is 6.10 Å². The lowest BCUT2D eigenvalue weighted by Gasteiger charge is -2.15. The Labute approximate surface area is 172 Å². The predicted molar refractivity (Wildman–Crippen MR) is 110 cm³/mol. The van der Waals surface area contributed by atoms with Gasteiger partial charge in [0.2, 0.25) is 0 Å². The Balaban J connectivity index is 0.000000257. The first kappa shape index (κ1) is 22.6. The summed E-state index contributed by atoms with van der Waals surface area (Å²) in [6.45, 7) is 1.28. The number of carboxylic acid groups (broad SMARTS) is 1. The summed E-state index contributed by atoms with van der Waals surface area (Å²) in [6.07, 6.45) is -2.37. The van der Waals surface area contributed by atoms with Crippen LogP contribution in [0, 0.1) is 0 Å². The van der Waals surface area contributed by atoms with E-state index in [-0.39, 0.29) is 17.3 Å². The van der Waals surface area contributed by atoms with Crippen LogP contribution in [-0.2, 0) is 15.7 Å². The van der Waals surface area contributed by atoms with Crippen LogP contribution in [0.1, 0.15) is 13.3 Å².